The molecule has 1 aromatic heterocycles. The number of Topliss-reactive ketones (excluding diaryl/α,β-unsaturated/α-hetero) is 1. The Morgan fingerprint density at radius 3 is 2.72 bits per heavy atom. The van der Waals surface area contributed by atoms with E-state index >= 15 is 0 Å². The summed E-state index contributed by atoms with van der Waals surface area (Å²) in [6.45, 7) is 2.35. The van der Waals surface area contributed by atoms with E-state index in [1.54, 1.807) is 18.5 Å². The topological polar surface area (TPSA) is 67.3 Å². The van der Waals surface area contributed by atoms with Gasteiger partial charge in [0.05, 0.1) is 5.56 Å². The Morgan fingerprint density at radius 2 is 1.97 bits per heavy atom. The lowest BCUT2D eigenvalue weighted by molar-refractivity contribution is 0.0276. The normalized spacial score (nSPS) is 32.7. The number of ketones is 1. The summed E-state index contributed by atoms with van der Waals surface area (Å²) in [5, 5.41) is 9.31. The molecule has 0 aliphatic heterocycles. The molecule has 0 saturated heterocycles. The standard InChI is InChI=1S/C25H27NO3/c1-25-11-10-19-18-6-5-16(24(28)29)13-15(18)4-7-20(19)21(25)8-9-22(25)23(27)17-3-2-12-26-14-17/h2-3,5-6,12-14,19-22H,4,7-11H2,1H3,(H,28,29)/t19-,20-,21+,22-,25+/m1/s1. The second kappa shape index (κ2) is 6.79. The Balaban J connectivity index is 1.43. The van der Waals surface area contributed by atoms with Gasteiger partial charge in [-0.15, -0.1) is 0 Å². The number of hydrogen-bond donors (Lipinski definition) is 1. The summed E-state index contributed by atoms with van der Waals surface area (Å²) in [5.74, 6) is 1.19. The Morgan fingerprint density at radius 1 is 1.10 bits per heavy atom. The summed E-state index contributed by atoms with van der Waals surface area (Å²) in [7, 11) is 0. The lowest BCUT2D eigenvalue weighted by Crippen LogP contribution is -2.44. The van der Waals surface area contributed by atoms with E-state index in [1.165, 1.54) is 11.1 Å². The van der Waals surface area contributed by atoms with Gasteiger partial charge in [0.25, 0.3) is 0 Å². The number of carboxylic acids is 1. The van der Waals surface area contributed by atoms with Gasteiger partial charge in [0.15, 0.2) is 5.78 Å². The number of fused-ring (bicyclic) bond motifs is 5. The average molecular weight is 389 g/mol. The van der Waals surface area contributed by atoms with Crippen molar-refractivity contribution in [2.45, 2.75) is 51.4 Å². The smallest absolute Gasteiger partial charge is 0.335 e. The second-order valence-corrected chi connectivity index (χ2v) is 9.41. The number of carbonyl (C=O) groups is 2. The van der Waals surface area contributed by atoms with Crippen LogP contribution in [0.1, 0.15) is 76.8 Å². The lowest BCUT2D eigenvalue weighted by Gasteiger charge is -2.50. The van der Waals surface area contributed by atoms with Gasteiger partial charge in [-0.3, -0.25) is 9.78 Å². The maximum absolute atomic E-state index is 13.3. The van der Waals surface area contributed by atoms with Crippen LogP contribution in [0.2, 0.25) is 0 Å². The molecular weight excluding hydrogens is 362 g/mol. The van der Waals surface area contributed by atoms with Crippen molar-refractivity contribution >= 4 is 11.8 Å². The van der Waals surface area contributed by atoms with Crippen LogP contribution < -0.4 is 0 Å². The molecule has 2 saturated carbocycles. The SMILES string of the molecule is C[C@]12CC[C@@H]3c4ccc(C(=O)O)cc4CC[C@H]3[C@@H]1CC[C@@H]2C(=O)c1cccnc1. The Hall–Kier alpha value is -2.49. The van der Waals surface area contributed by atoms with E-state index in [1.807, 2.05) is 18.2 Å². The number of rotatable bonds is 3. The number of carbonyl (C=O) groups excluding carboxylic acids is 1. The molecular formula is C25H27NO3. The molecule has 3 aliphatic carbocycles. The molecule has 5 rings (SSSR count). The third-order valence-corrected chi connectivity index (χ3v) is 8.24. The first-order valence-corrected chi connectivity index (χ1v) is 10.8. The van der Waals surface area contributed by atoms with Crippen molar-refractivity contribution in [1.29, 1.82) is 0 Å². The zero-order valence-corrected chi connectivity index (χ0v) is 16.8. The number of hydrogen-bond acceptors (Lipinski definition) is 3. The summed E-state index contributed by atoms with van der Waals surface area (Å²) < 4.78 is 0. The molecule has 29 heavy (non-hydrogen) atoms. The van der Waals surface area contributed by atoms with E-state index in [2.05, 4.69) is 18.0 Å². The predicted octanol–water partition coefficient (Wildman–Crippen LogP) is 5.14. The molecule has 1 aromatic carbocycles. The van der Waals surface area contributed by atoms with E-state index in [-0.39, 0.29) is 17.1 Å². The number of aryl methyl sites for hydroxylation is 1. The number of benzene rings is 1. The third-order valence-electron chi connectivity index (χ3n) is 8.24. The molecule has 4 heteroatoms. The highest BCUT2D eigenvalue weighted by atomic mass is 16.4. The van der Waals surface area contributed by atoms with Gasteiger partial charge < -0.3 is 5.11 Å². The fourth-order valence-electron chi connectivity index (χ4n) is 6.86. The van der Waals surface area contributed by atoms with Crippen molar-refractivity contribution in [3.05, 3.63) is 65.0 Å². The molecule has 150 valence electrons. The molecule has 0 amide bonds. The van der Waals surface area contributed by atoms with Crippen LogP contribution in [0.15, 0.2) is 42.7 Å². The number of carboxylic acid groups (broad SMARTS) is 1. The maximum atomic E-state index is 13.3. The minimum absolute atomic E-state index is 0.0621. The highest BCUT2D eigenvalue weighted by molar-refractivity contribution is 5.98. The summed E-state index contributed by atoms with van der Waals surface area (Å²) in [6, 6.07) is 9.45. The first kappa shape index (κ1) is 18.5. The average Bonchev–Trinajstić information content (AvgIpc) is 3.10. The van der Waals surface area contributed by atoms with Crippen molar-refractivity contribution in [2.75, 3.05) is 0 Å². The molecule has 0 spiro atoms. The van der Waals surface area contributed by atoms with Crippen molar-refractivity contribution in [1.82, 2.24) is 4.98 Å². The van der Waals surface area contributed by atoms with Gasteiger partial charge in [0, 0.05) is 23.9 Å². The van der Waals surface area contributed by atoms with Crippen LogP contribution in [-0.2, 0) is 6.42 Å². The van der Waals surface area contributed by atoms with Gasteiger partial charge in [0.2, 0.25) is 0 Å². The number of pyridine rings is 1. The van der Waals surface area contributed by atoms with E-state index in [0.29, 0.717) is 23.3 Å². The van der Waals surface area contributed by atoms with Crippen LogP contribution in [0.25, 0.3) is 0 Å². The van der Waals surface area contributed by atoms with Gasteiger partial charge in [-0.2, -0.15) is 0 Å². The van der Waals surface area contributed by atoms with E-state index < -0.39 is 5.97 Å². The zero-order valence-electron chi connectivity index (χ0n) is 16.8. The van der Waals surface area contributed by atoms with Gasteiger partial charge in [-0.05, 0) is 97.1 Å². The van der Waals surface area contributed by atoms with E-state index in [0.717, 1.165) is 44.1 Å². The highest BCUT2D eigenvalue weighted by Gasteiger charge is 2.56. The molecule has 0 unspecified atom stereocenters. The summed E-state index contributed by atoms with van der Waals surface area (Å²) >= 11 is 0. The molecule has 4 nitrogen and oxygen atoms in total. The molecule has 1 N–H and O–H groups in total. The highest BCUT2D eigenvalue weighted by Crippen LogP contribution is 2.63. The molecule has 1 heterocycles. The Kier molecular flexibility index (Phi) is 4.34. The largest absolute Gasteiger partial charge is 0.478 e. The van der Waals surface area contributed by atoms with Crippen LogP contribution in [0.4, 0.5) is 0 Å². The van der Waals surface area contributed by atoms with Gasteiger partial charge in [-0.25, -0.2) is 4.79 Å². The molecule has 2 aromatic rings. The number of nitrogens with zero attached hydrogens (tertiary/aromatic N) is 1. The molecule has 0 radical (unpaired) electrons. The van der Waals surface area contributed by atoms with Crippen LogP contribution in [0, 0.1) is 23.2 Å². The van der Waals surface area contributed by atoms with Gasteiger partial charge >= 0.3 is 5.97 Å². The van der Waals surface area contributed by atoms with Crippen molar-refractivity contribution in [3.8, 4) is 0 Å². The summed E-state index contributed by atoms with van der Waals surface area (Å²) in [6.07, 6.45) is 9.74. The van der Waals surface area contributed by atoms with Crippen molar-refractivity contribution < 1.29 is 14.7 Å². The number of aromatic nitrogens is 1. The Bertz CT molecular complexity index is 969. The van der Waals surface area contributed by atoms with Crippen LogP contribution in [0.5, 0.6) is 0 Å². The monoisotopic (exact) mass is 389 g/mol. The molecule has 3 aliphatic rings. The van der Waals surface area contributed by atoms with E-state index in [9.17, 15) is 14.7 Å². The lowest BCUT2D eigenvalue weighted by atomic mass is 9.53. The van der Waals surface area contributed by atoms with Gasteiger partial charge in [-0.1, -0.05) is 13.0 Å². The summed E-state index contributed by atoms with van der Waals surface area (Å²) in [4.78, 5) is 28.8. The predicted molar refractivity (Wildman–Crippen MR) is 110 cm³/mol. The van der Waals surface area contributed by atoms with Crippen molar-refractivity contribution in [3.63, 3.8) is 0 Å². The van der Waals surface area contributed by atoms with Crippen LogP contribution >= 0.6 is 0 Å². The fraction of sp³-hybridized carbons (Fsp3) is 0.480. The second-order valence-electron chi connectivity index (χ2n) is 9.41. The van der Waals surface area contributed by atoms with Crippen LogP contribution in [-0.4, -0.2) is 21.8 Å². The summed E-state index contributed by atoms with van der Waals surface area (Å²) in [5.41, 5.74) is 3.78. The fourth-order valence-corrected chi connectivity index (χ4v) is 6.86. The molecule has 2 fully saturated rings. The molecule has 0 bridgehead atoms. The first-order valence-electron chi connectivity index (χ1n) is 10.8. The number of aromatic carboxylic acids is 1. The minimum Gasteiger partial charge on any atom is -0.478 e. The third kappa shape index (κ3) is 2.84. The minimum atomic E-state index is -0.848. The quantitative estimate of drug-likeness (QED) is 0.739. The first-order chi connectivity index (χ1) is 14.0. The maximum Gasteiger partial charge on any atom is 0.335 e. The Labute approximate surface area is 171 Å². The van der Waals surface area contributed by atoms with E-state index in [4.69, 9.17) is 0 Å². The zero-order chi connectivity index (χ0) is 20.2. The van der Waals surface area contributed by atoms with Gasteiger partial charge in [0.1, 0.15) is 0 Å². The van der Waals surface area contributed by atoms with Crippen molar-refractivity contribution in [2.24, 2.45) is 23.2 Å². The molecule has 5 atom stereocenters. The van der Waals surface area contributed by atoms with Crippen LogP contribution in [0.3, 0.4) is 0 Å².